The third-order valence-electron chi connectivity index (χ3n) is 4.19. The van der Waals surface area contributed by atoms with E-state index in [1.165, 1.54) is 6.92 Å². The smallest absolute Gasteiger partial charge is 0.223 e. The summed E-state index contributed by atoms with van der Waals surface area (Å²) in [6, 6.07) is 5.90. The van der Waals surface area contributed by atoms with Crippen molar-refractivity contribution in [3.8, 4) is 0 Å². The molecule has 106 valence electrons. The number of halogens is 1. The molecule has 0 spiro atoms. The number of fused-ring (bicyclic) bond motifs is 1. The molecule has 1 unspecified atom stereocenters. The fraction of sp³-hybridized carbons (Fsp3) is 0.467. The summed E-state index contributed by atoms with van der Waals surface area (Å²) in [5.74, 6) is 0.257. The van der Waals surface area contributed by atoms with Gasteiger partial charge in [-0.3, -0.25) is 9.59 Å². The molecule has 2 heterocycles. The Morgan fingerprint density at radius 1 is 1.35 bits per heavy atom. The second-order valence-corrected chi connectivity index (χ2v) is 5.85. The van der Waals surface area contributed by atoms with Gasteiger partial charge in [-0.25, -0.2) is 0 Å². The maximum Gasteiger partial charge on any atom is 0.223 e. The minimum atomic E-state index is -0.0206. The van der Waals surface area contributed by atoms with Gasteiger partial charge in [0, 0.05) is 43.3 Å². The van der Waals surface area contributed by atoms with Crippen LogP contribution in [0.5, 0.6) is 0 Å². The van der Waals surface area contributed by atoms with Gasteiger partial charge < -0.3 is 9.80 Å². The second-order valence-electron chi connectivity index (χ2n) is 5.45. The Morgan fingerprint density at radius 3 is 2.85 bits per heavy atom. The van der Waals surface area contributed by atoms with Crippen LogP contribution >= 0.6 is 11.6 Å². The SMILES string of the molecule is CC(=O)c1ccc(N2CCN3C(=O)CCC3C2)cc1Cl. The zero-order chi connectivity index (χ0) is 14.3. The molecule has 3 rings (SSSR count). The van der Waals surface area contributed by atoms with Crippen molar-refractivity contribution in [3.05, 3.63) is 28.8 Å². The van der Waals surface area contributed by atoms with Crippen molar-refractivity contribution in [1.29, 1.82) is 0 Å². The van der Waals surface area contributed by atoms with E-state index in [1.807, 2.05) is 17.0 Å². The minimum Gasteiger partial charge on any atom is -0.368 e. The number of anilines is 1. The molecule has 0 aromatic heterocycles. The van der Waals surface area contributed by atoms with Crippen LogP contribution in [0.15, 0.2) is 18.2 Å². The van der Waals surface area contributed by atoms with Crippen LogP contribution in [0.1, 0.15) is 30.1 Å². The molecular formula is C15H17ClN2O2. The molecule has 2 fully saturated rings. The standard InChI is InChI=1S/C15H17ClN2O2/c1-10(19)13-4-2-11(8-14(13)16)17-6-7-18-12(9-17)3-5-15(18)20/h2,4,8,12H,3,5-7,9H2,1H3. The molecule has 5 heteroatoms. The Labute approximate surface area is 123 Å². The molecule has 1 amide bonds. The fourth-order valence-corrected chi connectivity index (χ4v) is 3.39. The summed E-state index contributed by atoms with van der Waals surface area (Å²) >= 11 is 6.17. The second kappa shape index (κ2) is 5.09. The minimum absolute atomic E-state index is 0.0206. The average molecular weight is 293 g/mol. The summed E-state index contributed by atoms with van der Waals surface area (Å²) in [7, 11) is 0. The van der Waals surface area contributed by atoms with Crippen molar-refractivity contribution in [3.63, 3.8) is 0 Å². The van der Waals surface area contributed by atoms with Gasteiger partial charge in [-0.15, -0.1) is 0 Å². The third kappa shape index (κ3) is 2.29. The summed E-state index contributed by atoms with van der Waals surface area (Å²) in [6.07, 6.45) is 1.61. The fourth-order valence-electron chi connectivity index (χ4n) is 3.09. The molecule has 2 saturated heterocycles. The number of amides is 1. The number of rotatable bonds is 2. The van der Waals surface area contributed by atoms with Crippen LogP contribution in [-0.2, 0) is 4.79 Å². The molecule has 0 radical (unpaired) electrons. The van der Waals surface area contributed by atoms with Crippen molar-refractivity contribution >= 4 is 29.0 Å². The average Bonchev–Trinajstić information content (AvgIpc) is 2.79. The Kier molecular flexibility index (Phi) is 3.42. The zero-order valence-corrected chi connectivity index (χ0v) is 12.2. The lowest BCUT2D eigenvalue weighted by atomic mass is 10.1. The van der Waals surface area contributed by atoms with E-state index in [-0.39, 0.29) is 11.7 Å². The lowest BCUT2D eigenvalue weighted by molar-refractivity contribution is -0.129. The largest absolute Gasteiger partial charge is 0.368 e. The summed E-state index contributed by atoms with van der Waals surface area (Å²) in [6.45, 7) is 3.96. The number of ketones is 1. The highest BCUT2D eigenvalue weighted by atomic mass is 35.5. The Balaban J connectivity index is 1.79. The number of nitrogens with zero attached hydrogens (tertiary/aromatic N) is 2. The normalized spacial score (nSPS) is 22.1. The topological polar surface area (TPSA) is 40.6 Å². The summed E-state index contributed by atoms with van der Waals surface area (Å²) in [5.41, 5.74) is 1.59. The van der Waals surface area contributed by atoms with E-state index in [1.54, 1.807) is 6.07 Å². The van der Waals surface area contributed by atoms with Gasteiger partial charge >= 0.3 is 0 Å². The highest BCUT2D eigenvalue weighted by Crippen LogP contribution is 2.29. The Bertz CT molecular complexity index is 573. The molecule has 1 aromatic carbocycles. The summed E-state index contributed by atoms with van der Waals surface area (Å²) in [4.78, 5) is 27.3. The summed E-state index contributed by atoms with van der Waals surface area (Å²) < 4.78 is 0. The van der Waals surface area contributed by atoms with Crippen LogP contribution in [0.25, 0.3) is 0 Å². The number of hydrogen-bond acceptors (Lipinski definition) is 3. The molecule has 0 N–H and O–H groups in total. The van der Waals surface area contributed by atoms with Crippen molar-refractivity contribution in [2.45, 2.75) is 25.8 Å². The number of hydrogen-bond donors (Lipinski definition) is 0. The lowest BCUT2D eigenvalue weighted by Gasteiger charge is -2.39. The van der Waals surface area contributed by atoms with Crippen molar-refractivity contribution < 1.29 is 9.59 Å². The molecule has 0 bridgehead atoms. The highest BCUT2D eigenvalue weighted by Gasteiger charge is 2.35. The van der Waals surface area contributed by atoms with Crippen LogP contribution in [0.4, 0.5) is 5.69 Å². The predicted molar refractivity (Wildman–Crippen MR) is 78.4 cm³/mol. The number of Topliss-reactive ketones (excluding diaryl/α,β-unsaturated/α-hetero) is 1. The number of carbonyl (C=O) groups is 2. The third-order valence-corrected chi connectivity index (χ3v) is 4.50. The van der Waals surface area contributed by atoms with E-state index < -0.39 is 0 Å². The first-order valence-electron chi connectivity index (χ1n) is 6.91. The maximum atomic E-state index is 11.7. The van der Waals surface area contributed by atoms with E-state index in [0.29, 0.717) is 23.0 Å². The molecule has 2 aliphatic heterocycles. The van der Waals surface area contributed by atoms with Crippen molar-refractivity contribution in [1.82, 2.24) is 4.90 Å². The number of carbonyl (C=O) groups excluding carboxylic acids is 2. The molecule has 20 heavy (non-hydrogen) atoms. The molecule has 2 aliphatic rings. The van der Waals surface area contributed by atoms with Crippen LogP contribution in [0.3, 0.4) is 0 Å². The van der Waals surface area contributed by atoms with E-state index in [2.05, 4.69) is 4.90 Å². The molecular weight excluding hydrogens is 276 g/mol. The van der Waals surface area contributed by atoms with Gasteiger partial charge in [0.15, 0.2) is 5.78 Å². The van der Waals surface area contributed by atoms with Crippen molar-refractivity contribution in [2.24, 2.45) is 0 Å². The molecule has 1 atom stereocenters. The van der Waals surface area contributed by atoms with Crippen LogP contribution < -0.4 is 4.90 Å². The quantitative estimate of drug-likeness (QED) is 0.786. The predicted octanol–water partition coefficient (Wildman–Crippen LogP) is 2.35. The molecule has 4 nitrogen and oxygen atoms in total. The Hall–Kier alpha value is -1.55. The van der Waals surface area contributed by atoms with E-state index >= 15 is 0 Å². The van der Waals surface area contributed by atoms with Gasteiger partial charge in [0.2, 0.25) is 5.91 Å². The zero-order valence-electron chi connectivity index (χ0n) is 11.4. The van der Waals surface area contributed by atoms with Crippen LogP contribution in [0.2, 0.25) is 5.02 Å². The van der Waals surface area contributed by atoms with Gasteiger partial charge in [-0.05, 0) is 31.5 Å². The first-order chi connectivity index (χ1) is 9.56. The van der Waals surface area contributed by atoms with Gasteiger partial charge in [0.1, 0.15) is 0 Å². The Morgan fingerprint density at radius 2 is 2.15 bits per heavy atom. The van der Waals surface area contributed by atoms with Crippen LogP contribution in [0, 0.1) is 0 Å². The number of piperazine rings is 1. The van der Waals surface area contributed by atoms with E-state index in [0.717, 1.165) is 31.7 Å². The van der Waals surface area contributed by atoms with E-state index in [4.69, 9.17) is 11.6 Å². The van der Waals surface area contributed by atoms with Gasteiger partial charge in [0.25, 0.3) is 0 Å². The molecule has 1 aromatic rings. The van der Waals surface area contributed by atoms with Crippen molar-refractivity contribution in [2.75, 3.05) is 24.5 Å². The van der Waals surface area contributed by atoms with Gasteiger partial charge in [0.05, 0.1) is 5.02 Å². The molecule has 0 saturated carbocycles. The van der Waals surface area contributed by atoms with E-state index in [9.17, 15) is 9.59 Å². The first-order valence-corrected chi connectivity index (χ1v) is 7.29. The first kappa shape index (κ1) is 13.4. The lowest BCUT2D eigenvalue weighted by Crippen LogP contribution is -2.51. The van der Waals surface area contributed by atoms with Crippen LogP contribution in [-0.4, -0.2) is 42.3 Å². The maximum absolute atomic E-state index is 11.7. The van der Waals surface area contributed by atoms with Gasteiger partial charge in [-0.2, -0.15) is 0 Å². The van der Waals surface area contributed by atoms with Gasteiger partial charge in [-0.1, -0.05) is 11.6 Å². The summed E-state index contributed by atoms with van der Waals surface area (Å²) in [5, 5.41) is 0.500. The number of benzene rings is 1. The highest BCUT2D eigenvalue weighted by molar-refractivity contribution is 6.34. The monoisotopic (exact) mass is 292 g/mol. The molecule has 0 aliphatic carbocycles.